The molecule has 1 aliphatic rings. The number of anilines is 1. The molecule has 1 aromatic rings. The van der Waals surface area contributed by atoms with Crippen molar-refractivity contribution in [2.75, 3.05) is 31.7 Å². The summed E-state index contributed by atoms with van der Waals surface area (Å²) in [5, 5.41) is 12.0. The fourth-order valence-electron chi connectivity index (χ4n) is 1.61. The smallest absolute Gasteiger partial charge is 0.0992 e. The zero-order valence-electron chi connectivity index (χ0n) is 9.28. The van der Waals surface area contributed by atoms with Crippen LogP contribution in [0.25, 0.3) is 0 Å². The third kappa shape index (κ3) is 3.43. The van der Waals surface area contributed by atoms with E-state index in [0.717, 1.165) is 10.2 Å². The molecule has 2 rings (SSSR count). The van der Waals surface area contributed by atoms with Crippen molar-refractivity contribution in [2.24, 2.45) is 0 Å². The normalized spacial score (nSPS) is 19.6. The van der Waals surface area contributed by atoms with Gasteiger partial charge in [0.05, 0.1) is 37.6 Å². The number of halogens is 1. The lowest BCUT2D eigenvalue weighted by Crippen LogP contribution is -2.34. The van der Waals surface area contributed by atoms with Crippen molar-refractivity contribution in [3.63, 3.8) is 0 Å². The number of benzene rings is 1. The van der Waals surface area contributed by atoms with Crippen molar-refractivity contribution in [3.05, 3.63) is 28.2 Å². The van der Waals surface area contributed by atoms with Gasteiger partial charge in [0.1, 0.15) is 0 Å². The van der Waals surface area contributed by atoms with Gasteiger partial charge in [0.2, 0.25) is 0 Å². The molecule has 0 radical (unpaired) electrons. The van der Waals surface area contributed by atoms with Gasteiger partial charge < -0.3 is 14.8 Å². The lowest BCUT2D eigenvalue weighted by atomic mass is 10.2. The molecule has 1 N–H and O–H groups in total. The van der Waals surface area contributed by atoms with Crippen LogP contribution in [-0.2, 0) is 9.47 Å². The Balaban J connectivity index is 1.92. The van der Waals surface area contributed by atoms with Crippen LogP contribution in [0.5, 0.6) is 0 Å². The van der Waals surface area contributed by atoms with E-state index in [4.69, 9.17) is 14.7 Å². The van der Waals surface area contributed by atoms with Gasteiger partial charge in [0.15, 0.2) is 0 Å². The molecule has 1 heterocycles. The van der Waals surface area contributed by atoms with E-state index < -0.39 is 0 Å². The molecule has 1 atom stereocenters. The number of nitrogens with zero attached hydrogens (tertiary/aromatic N) is 1. The molecule has 0 aliphatic carbocycles. The minimum absolute atomic E-state index is 0.0892. The van der Waals surface area contributed by atoms with Crippen LogP contribution >= 0.6 is 15.9 Å². The Hall–Kier alpha value is -1.09. The fraction of sp³-hybridized carbons (Fsp3) is 0.417. The van der Waals surface area contributed by atoms with Gasteiger partial charge in [-0.1, -0.05) is 0 Å². The van der Waals surface area contributed by atoms with Crippen LogP contribution in [0.1, 0.15) is 5.56 Å². The molecule has 0 bridgehead atoms. The summed E-state index contributed by atoms with van der Waals surface area (Å²) in [7, 11) is 0. The topological polar surface area (TPSA) is 54.3 Å². The average Bonchev–Trinajstić information content (AvgIpc) is 2.38. The maximum Gasteiger partial charge on any atom is 0.0992 e. The van der Waals surface area contributed by atoms with E-state index in [1.165, 1.54) is 0 Å². The van der Waals surface area contributed by atoms with Crippen molar-refractivity contribution in [1.82, 2.24) is 0 Å². The van der Waals surface area contributed by atoms with Crippen molar-refractivity contribution in [1.29, 1.82) is 5.26 Å². The van der Waals surface area contributed by atoms with Gasteiger partial charge >= 0.3 is 0 Å². The molecule has 0 aromatic heterocycles. The molecular formula is C12H13BrN2O2. The molecule has 1 aliphatic heterocycles. The first-order valence-electron chi connectivity index (χ1n) is 5.42. The van der Waals surface area contributed by atoms with Crippen molar-refractivity contribution in [3.8, 4) is 6.07 Å². The number of hydrogen-bond acceptors (Lipinski definition) is 4. The van der Waals surface area contributed by atoms with Crippen molar-refractivity contribution in [2.45, 2.75) is 6.10 Å². The molecule has 1 saturated heterocycles. The SMILES string of the molecule is N#Cc1ccc(NCC2COCCO2)c(Br)c1. The summed E-state index contributed by atoms with van der Waals surface area (Å²) in [5.41, 5.74) is 1.60. The number of rotatable bonds is 3. The van der Waals surface area contributed by atoms with E-state index >= 15 is 0 Å². The summed E-state index contributed by atoms with van der Waals surface area (Å²) in [6.45, 7) is 2.66. The highest BCUT2D eigenvalue weighted by Gasteiger charge is 2.14. The van der Waals surface area contributed by atoms with Crippen LogP contribution in [0.4, 0.5) is 5.69 Å². The molecule has 17 heavy (non-hydrogen) atoms. The minimum atomic E-state index is 0.0892. The zero-order valence-corrected chi connectivity index (χ0v) is 10.9. The van der Waals surface area contributed by atoms with Gasteiger partial charge in [-0.25, -0.2) is 0 Å². The lowest BCUT2D eigenvalue weighted by Gasteiger charge is -2.23. The van der Waals surface area contributed by atoms with Gasteiger partial charge in [-0.3, -0.25) is 0 Å². The molecule has 5 heteroatoms. The molecule has 1 fully saturated rings. The van der Waals surface area contributed by atoms with E-state index in [9.17, 15) is 0 Å². The molecule has 0 spiro atoms. The average molecular weight is 297 g/mol. The quantitative estimate of drug-likeness (QED) is 0.929. The Labute approximate surface area is 109 Å². The van der Waals surface area contributed by atoms with Gasteiger partial charge in [-0.2, -0.15) is 5.26 Å². The largest absolute Gasteiger partial charge is 0.381 e. The van der Waals surface area contributed by atoms with E-state index in [2.05, 4.69) is 27.3 Å². The highest BCUT2D eigenvalue weighted by molar-refractivity contribution is 9.10. The molecular weight excluding hydrogens is 284 g/mol. The van der Waals surface area contributed by atoms with E-state index in [1.54, 1.807) is 12.1 Å². The second-order valence-corrected chi connectivity index (χ2v) is 4.61. The summed E-state index contributed by atoms with van der Waals surface area (Å²) in [6.07, 6.45) is 0.0892. The number of ether oxygens (including phenoxy) is 2. The van der Waals surface area contributed by atoms with Crippen LogP contribution in [0.15, 0.2) is 22.7 Å². The summed E-state index contributed by atoms with van der Waals surface area (Å²) < 4.78 is 11.7. The Morgan fingerprint density at radius 3 is 3.00 bits per heavy atom. The second kappa shape index (κ2) is 6.01. The number of nitrogens with one attached hydrogen (secondary N) is 1. The van der Waals surface area contributed by atoms with Gasteiger partial charge in [-0.15, -0.1) is 0 Å². The standard InChI is InChI=1S/C12H13BrN2O2/c13-11-5-9(6-14)1-2-12(11)15-7-10-8-16-3-4-17-10/h1-2,5,10,15H,3-4,7-8H2. The first-order valence-corrected chi connectivity index (χ1v) is 6.22. The molecule has 1 aromatic carbocycles. The predicted octanol–water partition coefficient (Wildman–Crippen LogP) is 2.15. The molecule has 0 saturated carbocycles. The molecule has 4 nitrogen and oxygen atoms in total. The Kier molecular flexibility index (Phi) is 4.37. The third-order valence-corrected chi connectivity index (χ3v) is 3.16. The number of nitriles is 1. The van der Waals surface area contributed by atoms with Crippen LogP contribution in [0, 0.1) is 11.3 Å². The van der Waals surface area contributed by atoms with Gasteiger partial charge in [0.25, 0.3) is 0 Å². The second-order valence-electron chi connectivity index (χ2n) is 3.76. The van der Waals surface area contributed by atoms with Crippen molar-refractivity contribution < 1.29 is 9.47 Å². The molecule has 1 unspecified atom stereocenters. The van der Waals surface area contributed by atoms with Crippen LogP contribution in [-0.4, -0.2) is 32.5 Å². The monoisotopic (exact) mass is 296 g/mol. The first kappa shape index (κ1) is 12.4. The highest BCUT2D eigenvalue weighted by atomic mass is 79.9. The molecule has 90 valence electrons. The predicted molar refractivity (Wildman–Crippen MR) is 67.9 cm³/mol. The Morgan fingerprint density at radius 2 is 2.35 bits per heavy atom. The van der Waals surface area contributed by atoms with Crippen molar-refractivity contribution >= 4 is 21.6 Å². The summed E-state index contributed by atoms with van der Waals surface area (Å²) in [6, 6.07) is 7.55. The van der Waals surface area contributed by atoms with E-state index in [0.29, 0.717) is 31.9 Å². The third-order valence-electron chi connectivity index (χ3n) is 2.50. The lowest BCUT2D eigenvalue weighted by molar-refractivity contribution is -0.0818. The Morgan fingerprint density at radius 1 is 1.47 bits per heavy atom. The minimum Gasteiger partial charge on any atom is -0.381 e. The van der Waals surface area contributed by atoms with E-state index in [1.807, 2.05) is 6.07 Å². The van der Waals surface area contributed by atoms with Crippen LogP contribution < -0.4 is 5.32 Å². The van der Waals surface area contributed by atoms with Crippen LogP contribution in [0.3, 0.4) is 0 Å². The van der Waals surface area contributed by atoms with Crippen LogP contribution in [0.2, 0.25) is 0 Å². The van der Waals surface area contributed by atoms with E-state index in [-0.39, 0.29) is 6.10 Å². The Bertz CT molecular complexity index is 425. The summed E-state index contributed by atoms with van der Waals surface area (Å²) >= 11 is 3.43. The van der Waals surface area contributed by atoms with Gasteiger partial charge in [0, 0.05) is 16.7 Å². The maximum atomic E-state index is 8.76. The highest BCUT2D eigenvalue weighted by Crippen LogP contribution is 2.23. The van der Waals surface area contributed by atoms with Gasteiger partial charge in [-0.05, 0) is 34.1 Å². The molecule has 0 amide bonds. The fourth-order valence-corrected chi connectivity index (χ4v) is 2.13. The summed E-state index contributed by atoms with van der Waals surface area (Å²) in [4.78, 5) is 0. The maximum absolute atomic E-state index is 8.76. The summed E-state index contributed by atoms with van der Waals surface area (Å²) in [5.74, 6) is 0. The zero-order chi connectivity index (χ0) is 12.1. The number of hydrogen-bond donors (Lipinski definition) is 1. The first-order chi connectivity index (χ1) is 8.29.